The number of carbonyl (C=O) groups excluding carboxylic acids is 1. The van der Waals surface area contributed by atoms with Crippen molar-refractivity contribution in [3.05, 3.63) is 40.4 Å². The molecule has 1 aromatic carbocycles. The fourth-order valence-corrected chi connectivity index (χ4v) is 3.62. The van der Waals surface area contributed by atoms with Crippen LogP contribution in [0.1, 0.15) is 19.4 Å². The van der Waals surface area contributed by atoms with Crippen LogP contribution in [0.4, 0.5) is 32.0 Å². The van der Waals surface area contributed by atoms with Gasteiger partial charge in [-0.05, 0) is 29.5 Å². The lowest BCUT2D eigenvalue weighted by atomic mass is 9.92. The Morgan fingerprint density at radius 3 is 1.90 bits per heavy atom. The number of rotatable bonds is 4. The summed E-state index contributed by atoms with van der Waals surface area (Å²) in [7, 11) is 1.34. The molecule has 2 atom stereocenters. The van der Waals surface area contributed by atoms with Gasteiger partial charge in [0.05, 0.1) is 5.92 Å². The largest absolute Gasteiger partial charge is 0.430 e. The van der Waals surface area contributed by atoms with Crippen LogP contribution in [0.25, 0.3) is 0 Å². The number of carbonyl (C=O) groups is 1. The summed E-state index contributed by atoms with van der Waals surface area (Å²) in [6.45, 7) is 3.61. The van der Waals surface area contributed by atoms with Crippen molar-refractivity contribution < 1.29 is 36.2 Å². The predicted molar refractivity (Wildman–Crippen MR) is 96.4 cm³/mol. The Morgan fingerprint density at radius 2 is 1.52 bits per heavy atom. The Morgan fingerprint density at radius 1 is 1.07 bits per heavy atom. The lowest BCUT2D eigenvalue weighted by Crippen LogP contribution is -2.53. The molecule has 0 radical (unpaired) electrons. The predicted octanol–water partition coefficient (Wildman–Crippen LogP) is 5.55. The molecule has 1 amide bonds. The zero-order chi connectivity index (χ0) is 22.6. The summed E-state index contributed by atoms with van der Waals surface area (Å²) in [5, 5.41) is 9.42. The molecule has 0 heterocycles. The summed E-state index contributed by atoms with van der Waals surface area (Å²) in [6.07, 6.45) is -10.4. The number of nitrogens with zero attached hydrogens (tertiary/aromatic N) is 1. The fraction of sp³-hybridized carbons (Fsp3) is 0.500. The molecule has 0 aliphatic heterocycles. The number of alkyl halides is 6. The number of hydrogen-bond acceptors (Lipinski definition) is 2. The molecule has 11 heteroatoms. The minimum absolute atomic E-state index is 0.0102. The number of hydrogen-bond donors (Lipinski definition) is 1. The maximum absolute atomic E-state index is 13.0. The molecule has 1 N–H and O–H groups in total. The van der Waals surface area contributed by atoms with Crippen LogP contribution in [0.2, 0.25) is 0 Å². The van der Waals surface area contributed by atoms with Gasteiger partial charge >= 0.3 is 12.4 Å². The maximum atomic E-state index is 13.0. The zero-order valence-electron chi connectivity index (χ0n) is 15.4. The van der Waals surface area contributed by atoms with Gasteiger partial charge < -0.3 is 10.0 Å². The molecule has 0 aromatic heterocycles. The average Bonchev–Trinajstić information content (AvgIpc) is 3.10. The van der Waals surface area contributed by atoms with Gasteiger partial charge in [-0.2, -0.15) is 26.3 Å². The van der Waals surface area contributed by atoms with Crippen LogP contribution in [0.15, 0.2) is 34.8 Å². The van der Waals surface area contributed by atoms with Gasteiger partial charge in [0.1, 0.15) is 4.49 Å². The van der Waals surface area contributed by atoms with Crippen LogP contribution in [0.3, 0.4) is 0 Å². The van der Waals surface area contributed by atoms with E-state index in [1.165, 1.54) is 13.1 Å². The Balaban J connectivity index is 2.31. The Labute approximate surface area is 172 Å². The first-order valence-corrected chi connectivity index (χ1v) is 8.98. The topological polar surface area (TPSA) is 40.5 Å². The molecule has 162 valence electrons. The van der Waals surface area contributed by atoms with Crippen molar-refractivity contribution in [2.24, 2.45) is 17.3 Å². The van der Waals surface area contributed by atoms with E-state index < -0.39 is 40.8 Å². The molecule has 0 spiro atoms. The molecular weight excluding hydrogens is 447 g/mol. The lowest BCUT2D eigenvalue weighted by Gasteiger charge is -2.33. The van der Waals surface area contributed by atoms with Crippen LogP contribution in [-0.4, -0.2) is 30.4 Å². The molecule has 1 fully saturated rings. The number of halogens is 8. The van der Waals surface area contributed by atoms with Gasteiger partial charge in [-0.3, -0.25) is 4.79 Å². The van der Waals surface area contributed by atoms with E-state index in [0.29, 0.717) is 12.1 Å². The normalized spacial score (nSPS) is 21.5. The molecular formula is C18H17Cl2F6NO2. The van der Waals surface area contributed by atoms with Crippen LogP contribution >= 0.6 is 23.2 Å². The highest BCUT2D eigenvalue weighted by Gasteiger charge is 2.71. The molecule has 3 nitrogen and oxygen atoms in total. The maximum Gasteiger partial charge on any atom is 0.430 e. The van der Waals surface area contributed by atoms with E-state index >= 15 is 0 Å². The number of benzene rings is 1. The highest BCUT2D eigenvalue weighted by atomic mass is 35.5. The molecule has 29 heavy (non-hydrogen) atoms. The second kappa shape index (κ2) is 7.35. The first kappa shape index (κ1) is 23.8. The summed E-state index contributed by atoms with van der Waals surface area (Å²) in [5.74, 6) is -1.18. The van der Waals surface area contributed by atoms with E-state index in [-0.39, 0.29) is 16.1 Å². The van der Waals surface area contributed by atoms with Crippen LogP contribution < -0.4 is 4.90 Å². The Hall–Kier alpha value is -1.45. The highest BCUT2D eigenvalue weighted by Crippen LogP contribution is 2.60. The van der Waals surface area contributed by atoms with Gasteiger partial charge in [-0.25, -0.2) is 0 Å². The van der Waals surface area contributed by atoms with Crippen LogP contribution in [0, 0.1) is 17.3 Å². The number of anilines is 1. The van der Waals surface area contributed by atoms with Gasteiger partial charge in [0.2, 0.25) is 5.91 Å². The minimum Gasteiger partial charge on any atom is -0.369 e. The standard InChI is InChI=1S/C18H17Cl2F6NO2/c1-15(2)11(8-12(19)20)13(15)14(28)27(3)10-6-4-9(5-7-10)16(29,17(21,22)23)18(24,25)26/h4-8,11,13,29H,1-3H3/t11-,13-/m1/s1. The lowest BCUT2D eigenvalue weighted by molar-refractivity contribution is -0.376. The molecule has 1 aromatic rings. The third kappa shape index (κ3) is 4.09. The van der Waals surface area contributed by atoms with E-state index in [2.05, 4.69) is 0 Å². The second-order valence-electron chi connectivity index (χ2n) is 7.43. The van der Waals surface area contributed by atoms with E-state index in [1.807, 2.05) is 0 Å². The summed E-state index contributed by atoms with van der Waals surface area (Å²) in [5.41, 5.74) is -6.82. The second-order valence-corrected chi connectivity index (χ2v) is 8.44. The van der Waals surface area contributed by atoms with E-state index in [9.17, 15) is 36.2 Å². The number of aliphatic hydroxyl groups is 1. The van der Waals surface area contributed by atoms with Crippen molar-refractivity contribution in [2.75, 3.05) is 11.9 Å². The monoisotopic (exact) mass is 463 g/mol. The summed E-state index contributed by atoms with van der Waals surface area (Å²) in [4.78, 5) is 13.8. The Bertz CT molecular complexity index is 799. The molecule has 0 saturated heterocycles. The smallest absolute Gasteiger partial charge is 0.369 e. The number of allylic oxidation sites excluding steroid dienone is 1. The van der Waals surface area contributed by atoms with Gasteiger partial charge in [0.25, 0.3) is 5.60 Å². The molecule has 0 unspecified atom stereocenters. The molecule has 1 saturated carbocycles. The first-order chi connectivity index (χ1) is 13.0. The summed E-state index contributed by atoms with van der Waals surface area (Å²) >= 11 is 11.3. The quantitative estimate of drug-likeness (QED) is 0.594. The van der Waals surface area contributed by atoms with Gasteiger partial charge in [-0.15, -0.1) is 0 Å². The first-order valence-electron chi connectivity index (χ1n) is 8.23. The van der Waals surface area contributed by atoms with Crippen molar-refractivity contribution >= 4 is 34.8 Å². The molecule has 1 aliphatic rings. The zero-order valence-corrected chi connectivity index (χ0v) is 16.9. The third-order valence-electron chi connectivity index (χ3n) is 5.31. The van der Waals surface area contributed by atoms with Gasteiger partial charge in [0, 0.05) is 18.3 Å². The summed E-state index contributed by atoms with van der Waals surface area (Å²) in [6, 6.07) is 2.80. The van der Waals surface area contributed by atoms with Crippen LogP contribution in [-0.2, 0) is 10.4 Å². The fourth-order valence-electron chi connectivity index (χ4n) is 3.35. The highest BCUT2D eigenvalue weighted by molar-refractivity contribution is 6.55. The van der Waals surface area contributed by atoms with E-state index in [1.54, 1.807) is 13.8 Å². The van der Waals surface area contributed by atoms with Crippen molar-refractivity contribution in [3.8, 4) is 0 Å². The molecule has 0 bridgehead atoms. The van der Waals surface area contributed by atoms with E-state index in [0.717, 1.165) is 17.0 Å². The van der Waals surface area contributed by atoms with Gasteiger partial charge in [0.15, 0.2) is 0 Å². The Kier molecular flexibility index (Phi) is 6.04. The van der Waals surface area contributed by atoms with Crippen molar-refractivity contribution in [1.29, 1.82) is 0 Å². The van der Waals surface area contributed by atoms with Crippen molar-refractivity contribution in [1.82, 2.24) is 0 Å². The molecule has 1 aliphatic carbocycles. The number of amides is 1. The van der Waals surface area contributed by atoms with Gasteiger partial charge in [-0.1, -0.05) is 49.2 Å². The van der Waals surface area contributed by atoms with Crippen molar-refractivity contribution in [3.63, 3.8) is 0 Å². The van der Waals surface area contributed by atoms with E-state index in [4.69, 9.17) is 23.2 Å². The van der Waals surface area contributed by atoms with Crippen molar-refractivity contribution in [2.45, 2.75) is 31.8 Å². The van der Waals surface area contributed by atoms with Crippen LogP contribution in [0.5, 0.6) is 0 Å². The third-order valence-corrected chi connectivity index (χ3v) is 5.56. The molecule has 2 rings (SSSR count). The SMILES string of the molecule is CN(C(=O)[C@H]1[C@@H](C=C(Cl)Cl)C1(C)C)c1ccc(C(O)(C(F)(F)F)C(F)(F)F)cc1. The average molecular weight is 464 g/mol. The summed E-state index contributed by atoms with van der Waals surface area (Å²) < 4.78 is 77.7. The minimum atomic E-state index is -5.98.